The average Bonchev–Trinajstić information content (AvgIpc) is 0.778. The Morgan fingerprint density at radius 3 is 0.862 bits per heavy atom. The van der Waals surface area contributed by atoms with E-state index in [4.69, 9.17) is 28.3 Å². The second-order valence-electron chi connectivity index (χ2n) is 27.7. The van der Waals surface area contributed by atoms with Crippen LogP contribution in [-0.4, -0.2) is 47.5 Å². The molecule has 3 N–H and O–H groups in total. The number of rotatable bonds is 18. The van der Waals surface area contributed by atoms with Crippen molar-refractivity contribution < 1.29 is 41.3 Å². The third kappa shape index (κ3) is 31.4. The van der Waals surface area contributed by atoms with Gasteiger partial charge in [0.2, 0.25) is 0 Å². The molecule has 0 radical (unpaired) electrons. The topological polar surface area (TPSA) is 175 Å². The molecule has 0 aliphatic heterocycles. The number of fused-ring (bicyclic) bond motifs is 1. The van der Waals surface area contributed by atoms with E-state index in [1.165, 1.54) is 68.8 Å². The van der Waals surface area contributed by atoms with Gasteiger partial charge in [-0.3, -0.25) is 0 Å². The van der Waals surface area contributed by atoms with Gasteiger partial charge in [0.15, 0.2) is 29.4 Å². The van der Waals surface area contributed by atoms with Gasteiger partial charge >= 0.3 is 0 Å². The van der Waals surface area contributed by atoms with Crippen LogP contribution in [0.5, 0.6) is 17.2 Å². The van der Waals surface area contributed by atoms with Gasteiger partial charge < -0.3 is 24.4 Å². The van der Waals surface area contributed by atoms with Crippen LogP contribution in [0.4, 0.5) is 0 Å². The maximum atomic E-state index is 11.6. The molecule has 0 aliphatic carbocycles. The Morgan fingerprint density at radius 1 is 0.294 bits per heavy atom. The fraction of sp³-hybridized carbons (Fsp3) is 0.271. The van der Waals surface area contributed by atoms with Gasteiger partial charge in [-0.15, -0.1) is 0 Å². The first-order valence-electron chi connectivity index (χ1n) is 37.7. The van der Waals surface area contributed by atoms with Gasteiger partial charge in [-0.25, -0.2) is 16.8 Å². The molecule has 0 saturated heterocycles. The molecule has 576 valence electrons. The summed E-state index contributed by atoms with van der Waals surface area (Å²) in [5.74, 6) is 3.76. The first-order valence-corrected chi connectivity index (χ1v) is 43.3. The van der Waals surface area contributed by atoms with Crippen molar-refractivity contribution in [2.24, 2.45) is 0 Å². The molecule has 0 saturated carbocycles. The van der Waals surface area contributed by atoms with Crippen molar-refractivity contribution in [1.82, 2.24) is 0 Å². The van der Waals surface area contributed by atoms with E-state index in [9.17, 15) is 13.0 Å². The van der Waals surface area contributed by atoms with Crippen molar-refractivity contribution >= 4 is 52.8 Å². The van der Waals surface area contributed by atoms with Gasteiger partial charge in [0.1, 0.15) is 27.4 Å². The van der Waals surface area contributed by atoms with Gasteiger partial charge in [-0.1, -0.05) is 297 Å². The zero-order valence-electron chi connectivity index (χ0n) is 66.2. The van der Waals surface area contributed by atoms with Crippen LogP contribution < -0.4 is 0 Å². The monoisotopic (exact) mass is 1540 g/mol. The fourth-order valence-electron chi connectivity index (χ4n) is 11.4. The first kappa shape index (κ1) is 90.4. The summed E-state index contributed by atoms with van der Waals surface area (Å²) in [6, 6.07) is 106. The van der Waals surface area contributed by atoms with E-state index in [-0.39, 0.29) is 38.5 Å². The summed E-state index contributed by atoms with van der Waals surface area (Å²) in [7, 11) is -8.39. The lowest BCUT2D eigenvalue weighted by Gasteiger charge is -2.24. The standard InChI is InChI=1S/2C18H15S.C15H24O3S.C14H16.3C10H14O.CH4O3S/c2*1-4-10-16(11-5-1)19(17-12-6-2-7-13-17)18-14-8-3-9-15-18;1-9(2)12-7-13(10(3)4)15(19(16,17)18)14(8-12)11(5)6;1-3-11(2)13-10-6-8-12-7-4-5-9-14(12)13;2*1-3-8(2)9-4-6-10(11)7-5-9;1-3-8(2)9-5-4-6-10(11)7-9;1-5(2,3)4/h2*1-15H;7-11H,1-6H3,(H,16,17,18);4-11H,3H2,1-2H3;3*4-8,11H,3H2,1-2H3;1H3,(H,2,3,4)/q2*+1;;;;;;/p-2. The molecule has 9 nitrogen and oxygen atoms in total. The molecule has 4 unspecified atom stereocenters. The minimum Gasteiger partial charge on any atom is -0.748 e. The van der Waals surface area contributed by atoms with Gasteiger partial charge in [0, 0.05) is 6.26 Å². The van der Waals surface area contributed by atoms with Crippen LogP contribution in [0, 0.1) is 0 Å². The van der Waals surface area contributed by atoms with Crippen molar-refractivity contribution in [2.45, 2.75) is 198 Å². The van der Waals surface area contributed by atoms with Crippen LogP contribution in [0.25, 0.3) is 10.8 Å². The molecular formula is C96H114O9S4. The smallest absolute Gasteiger partial charge is 0.166 e. The number of hydrogen-bond acceptors (Lipinski definition) is 9. The molecule has 12 aromatic rings. The molecule has 0 aromatic heterocycles. The zero-order chi connectivity index (χ0) is 80.1. The third-order valence-corrected chi connectivity index (χ3v) is 23.8. The minimum absolute atomic E-state index is 0.00919. The molecule has 0 bridgehead atoms. The quantitative estimate of drug-likeness (QED) is 0.0558. The zero-order valence-corrected chi connectivity index (χ0v) is 69.5. The van der Waals surface area contributed by atoms with Crippen LogP contribution in [0.2, 0.25) is 0 Å². The molecule has 0 spiro atoms. The van der Waals surface area contributed by atoms with Crippen molar-refractivity contribution in [3.63, 3.8) is 0 Å². The Balaban J connectivity index is 0.000000228. The first-order chi connectivity index (χ1) is 52.0. The van der Waals surface area contributed by atoms with Crippen molar-refractivity contribution in [3.8, 4) is 17.2 Å². The number of aromatic hydroxyl groups is 3. The highest BCUT2D eigenvalue weighted by atomic mass is 32.2. The molecule has 0 amide bonds. The van der Waals surface area contributed by atoms with E-state index >= 15 is 0 Å². The number of benzene rings is 12. The molecular weight excluding hydrogens is 1430 g/mol. The van der Waals surface area contributed by atoms with Crippen LogP contribution >= 0.6 is 0 Å². The molecule has 109 heavy (non-hydrogen) atoms. The molecule has 12 rings (SSSR count). The van der Waals surface area contributed by atoms with Crippen LogP contribution in [0.1, 0.15) is 203 Å². The van der Waals surface area contributed by atoms with Gasteiger partial charge in [0.25, 0.3) is 0 Å². The van der Waals surface area contributed by atoms with Crippen LogP contribution in [-0.2, 0) is 42.0 Å². The Labute approximate surface area is 659 Å². The van der Waals surface area contributed by atoms with Gasteiger partial charge in [-0.05, 0) is 226 Å². The summed E-state index contributed by atoms with van der Waals surface area (Å²) in [5.41, 5.74) is 7.66. The Morgan fingerprint density at radius 2 is 0.578 bits per heavy atom. The van der Waals surface area contributed by atoms with E-state index in [2.05, 4.69) is 294 Å². The maximum absolute atomic E-state index is 11.6. The van der Waals surface area contributed by atoms with E-state index in [1.807, 2.05) is 82.3 Å². The molecule has 4 atom stereocenters. The second-order valence-corrected chi connectivity index (χ2v) is 34.5. The summed E-state index contributed by atoms with van der Waals surface area (Å²) in [6.45, 7) is 29.3. The van der Waals surface area contributed by atoms with E-state index in [0.717, 1.165) is 24.8 Å². The van der Waals surface area contributed by atoms with Gasteiger partial charge in [-0.2, -0.15) is 0 Å². The predicted molar refractivity (Wildman–Crippen MR) is 458 cm³/mol. The molecule has 13 heteroatoms. The lowest BCUT2D eigenvalue weighted by molar-refractivity contribution is 0.459. The number of phenolic OH excluding ortho intramolecular Hbond substituents is 3. The van der Waals surface area contributed by atoms with E-state index in [0.29, 0.717) is 64.2 Å². The molecule has 0 heterocycles. The van der Waals surface area contributed by atoms with E-state index < -0.39 is 20.2 Å². The minimum atomic E-state index is -4.45. The summed E-state index contributed by atoms with van der Waals surface area (Å²) >= 11 is 0. The largest absolute Gasteiger partial charge is 0.748 e. The van der Waals surface area contributed by atoms with E-state index in [1.54, 1.807) is 30.3 Å². The maximum Gasteiger partial charge on any atom is 0.166 e. The lowest BCUT2D eigenvalue weighted by Crippen LogP contribution is -2.11. The third-order valence-electron chi connectivity index (χ3n) is 18.4. The Hall–Kier alpha value is -9.18. The predicted octanol–water partition coefficient (Wildman–Crippen LogP) is 25.8. The Bertz CT molecular complexity index is 4340. The molecule has 12 aromatic carbocycles. The van der Waals surface area contributed by atoms with Crippen molar-refractivity contribution in [3.05, 3.63) is 348 Å². The highest BCUT2D eigenvalue weighted by Gasteiger charge is 2.29. The van der Waals surface area contributed by atoms with Gasteiger partial charge in [0.05, 0.1) is 36.8 Å². The average molecular weight is 1540 g/mol. The number of phenols is 3. The second kappa shape index (κ2) is 47.0. The molecule has 0 fully saturated rings. The Kier molecular flexibility index (Phi) is 39.0. The SMILES string of the molecule is CC(C)c1cc(C(C)C)c(S(=O)(=O)[O-])c(C(C)C)c1.CCC(C)c1ccc(O)cc1.CCC(C)c1ccc(O)cc1.CCC(C)c1cccc(O)c1.CCC(C)c1cccc2ccccc12.CS(=O)(=O)[O-].c1ccc([S+](c2ccccc2)c2ccccc2)cc1.c1ccc([S+](c2ccccc2)c2ccccc2)cc1. The summed E-state index contributed by atoms with van der Waals surface area (Å²) in [6.07, 6.45) is 5.21. The number of hydrogen-bond donors (Lipinski definition) is 3. The highest BCUT2D eigenvalue weighted by molar-refractivity contribution is 7.97. The van der Waals surface area contributed by atoms with Crippen LogP contribution in [0.3, 0.4) is 0 Å². The van der Waals surface area contributed by atoms with Crippen molar-refractivity contribution in [1.29, 1.82) is 0 Å². The summed E-state index contributed by atoms with van der Waals surface area (Å²) in [5, 5.41) is 29.9. The highest BCUT2D eigenvalue weighted by Crippen LogP contribution is 2.37. The summed E-state index contributed by atoms with van der Waals surface area (Å²) < 4.78 is 62.1. The van der Waals surface area contributed by atoms with Crippen molar-refractivity contribution in [2.75, 3.05) is 6.26 Å². The normalized spacial score (nSPS) is 12.0. The summed E-state index contributed by atoms with van der Waals surface area (Å²) in [4.78, 5) is 8.15. The lowest BCUT2D eigenvalue weighted by atomic mass is 9.89. The van der Waals surface area contributed by atoms with Crippen LogP contribution in [0.15, 0.2) is 344 Å². The fourth-order valence-corrected chi connectivity index (χ4v) is 16.8. The molecule has 0 aliphatic rings.